The van der Waals surface area contributed by atoms with E-state index in [1.54, 1.807) is 13.8 Å². The molecule has 49 heavy (non-hydrogen) atoms. The third kappa shape index (κ3) is 9.35. The van der Waals surface area contributed by atoms with Crippen LogP contribution in [-0.2, 0) is 21.2 Å². The molecule has 0 atom stereocenters. The van der Waals surface area contributed by atoms with Crippen LogP contribution in [0.2, 0.25) is 0 Å². The van der Waals surface area contributed by atoms with Crippen molar-refractivity contribution in [3.8, 4) is 28.3 Å². The summed E-state index contributed by atoms with van der Waals surface area (Å²) in [5.74, 6) is 0.281. The average molecular weight is 686 g/mol. The first-order chi connectivity index (χ1) is 23.2. The third-order valence-corrected chi connectivity index (χ3v) is 10.0. The molecule has 2 N–H and O–H groups in total. The smallest absolute Gasteiger partial charge is 0.310 e. The Balaban J connectivity index is 1.56. The van der Waals surface area contributed by atoms with E-state index in [1.165, 1.54) is 24.5 Å². The molecular weight excluding hydrogens is 639 g/mol. The van der Waals surface area contributed by atoms with E-state index >= 15 is 0 Å². The van der Waals surface area contributed by atoms with E-state index in [0.717, 1.165) is 61.0 Å². The molecule has 0 aliphatic carbocycles. The molecule has 3 heterocycles. The number of hydrogen-bond donors (Lipinski definition) is 2. The molecule has 0 fully saturated rings. The van der Waals surface area contributed by atoms with Crippen LogP contribution < -0.4 is 14.4 Å². The molecule has 0 saturated heterocycles. The van der Waals surface area contributed by atoms with Gasteiger partial charge in [-0.1, -0.05) is 70.0 Å². The van der Waals surface area contributed by atoms with Crippen molar-refractivity contribution in [3.63, 3.8) is 0 Å². The number of nitrogens with one attached hydrogen (secondary N) is 1. The van der Waals surface area contributed by atoms with Crippen LogP contribution in [0.15, 0.2) is 78.0 Å². The molecule has 5 rings (SSSR count). The number of fused-ring (bicyclic) bond motifs is 6. The summed E-state index contributed by atoms with van der Waals surface area (Å²) in [7, 11) is -4.11. The van der Waals surface area contributed by atoms with Crippen molar-refractivity contribution in [3.05, 3.63) is 78.6 Å². The molecular formula is C38H47N5O5S. The lowest BCUT2D eigenvalue weighted by molar-refractivity contribution is -0.146. The zero-order chi connectivity index (χ0) is 35.2. The van der Waals surface area contributed by atoms with Crippen LogP contribution in [-0.4, -0.2) is 54.1 Å². The number of aryl methyl sites for hydroxylation is 1. The Bertz CT molecular complexity index is 1890. The number of aliphatic carboxylic acids is 1. The highest BCUT2D eigenvalue weighted by molar-refractivity contribution is 7.92. The summed E-state index contributed by atoms with van der Waals surface area (Å²) in [5, 5.41) is 9.83. The Hall–Kier alpha value is -4.51. The van der Waals surface area contributed by atoms with E-state index in [4.69, 9.17) is 14.7 Å². The Morgan fingerprint density at radius 1 is 0.939 bits per heavy atom. The van der Waals surface area contributed by atoms with Gasteiger partial charge in [-0.05, 0) is 68.7 Å². The Labute approximate surface area is 290 Å². The van der Waals surface area contributed by atoms with Crippen molar-refractivity contribution in [1.82, 2.24) is 15.0 Å². The van der Waals surface area contributed by atoms with E-state index in [2.05, 4.69) is 36.5 Å². The number of carbonyl (C=O) groups is 1. The Morgan fingerprint density at radius 3 is 2.49 bits per heavy atom. The Morgan fingerprint density at radius 2 is 1.71 bits per heavy atom. The second-order valence-corrected chi connectivity index (χ2v) is 16.2. The third-order valence-electron chi connectivity index (χ3n) is 8.65. The number of pyridine rings is 1. The van der Waals surface area contributed by atoms with E-state index in [9.17, 15) is 18.3 Å². The number of sulfonamides is 1. The number of aromatic nitrogens is 3. The molecule has 0 spiro atoms. The van der Waals surface area contributed by atoms with Crippen molar-refractivity contribution >= 4 is 27.6 Å². The van der Waals surface area contributed by atoms with Gasteiger partial charge in [0.25, 0.3) is 10.0 Å². The monoisotopic (exact) mass is 685 g/mol. The molecule has 2 aromatic heterocycles. The van der Waals surface area contributed by atoms with Gasteiger partial charge in [-0.2, -0.15) is 0 Å². The van der Waals surface area contributed by atoms with Gasteiger partial charge in [-0.25, -0.2) is 18.4 Å². The van der Waals surface area contributed by atoms with Gasteiger partial charge in [-0.15, -0.1) is 0 Å². The molecule has 10 nitrogen and oxygen atoms in total. The number of carboxylic acids is 1. The minimum Gasteiger partial charge on any atom is -0.494 e. The predicted octanol–water partition coefficient (Wildman–Crippen LogP) is 7.86. The fraction of sp³-hybridized carbons (Fsp3) is 0.421. The minimum atomic E-state index is -4.11. The summed E-state index contributed by atoms with van der Waals surface area (Å²) >= 11 is 0. The minimum absolute atomic E-state index is 0.00659. The van der Waals surface area contributed by atoms with Crippen LogP contribution in [0.25, 0.3) is 22.5 Å². The molecule has 4 bridgehead atoms. The van der Waals surface area contributed by atoms with Gasteiger partial charge in [-0.3, -0.25) is 14.5 Å². The summed E-state index contributed by atoms with van der Waals surface area (Å²) in [6, 6.07) is 18.7. The lowest BCUT2D eigenvalue weighted by Gasteiger charge is -2.31. The molecule has 11 heteroatoms. The van der Waals surface area contributed by atoms with Gasteiger partial charge < -0.3 is 14.7 Å². The van der Waals surface area contributed by atoms with Crippen LogP contribution in [0, 0.1) is 10.8 Å². The maximum atomic E-state index is 13.8. The summed E-state index contributed by atoms with van der Waals surface area (Å²) in [6.07, 6.45) is 8.23. The summed E-state index contributed by atoms with van der Waals surface area (Å²) < 4.78 is 36.3. The highest BCUT2D eigenvalue weighted by atomic mass is 32.2. The van der Waals surface area contributed by atoms with E-state index in [0.29, 0.717) is 30.4 Å². The molecule has 0 amide bonds. The molecule has 0 saturated carbocycles. The van der Waals surface area contributed by atoms with Crippen molar-refractivity contribution in [1.29, 1.82) is 0 Å². The number of carboxylic acid groups (broad SMARTS) is 1. The second kappa shape index (κ2) is 14.9. The molecule has 0 radical (unpaired) electrons. The fourth-order valence-electron chi connectivity index (χ4n) is 5.74. The number of anilines is 2. The molecule has 2 aromatic carbocycles. The highest BCUT2D eigenvalue weighted by Crippen LogP contribution is 2.35. The molecule has 260 valence electrons. The van der Waals surface area contributed by atoms with Gasteiger partial charge in [0.05, 0.1) is 34.5 Å². The predicted molar refractivity (Wildman–Crippen MR) is 193 cm³/mol. The molecule has 0 unspecified atom stereocenters. The summed E-state index contributed by atoms with van der Waals surface area (Å²) in [5.41, 5.74) is 3.08. The lowest BCUT2D eigenvalue weighted by Crippen LogP contribution is -2.40. The topological polar surface area (TPSA) is 135 Å². The number of benzene rings is 2. The van der Waals surface area contributed by atoms with Crippen LogP contribution in [0.3, 0.4) is 0 Å². The van der Waals surface area contributed by atoms with E-state index < -0.39 is 21.4 Å². The van der Waals surface area contributed by atoms with Crippen LogP contribution in [0.4, 0.5) is 11.6 Å². The van der Waals surface area contributed by atoms with Gasteiger partial charge >= 0.3 is 5.97 Å². The van der Waals surface area contributed by atoms with Gasteiger partial charge in [0.2, 0.25) is 0 Å². The first-order valence-electron chi connectivity index (χ1n) is 16.9. The average Bonchev–Trinajstić information content (AvgIpc) is 3.05. The number of hydrogen-bond acceptors (Lipinski definition) is 8. The van der Waals surface area contributed by atoms with Crippen molar-refractivity contribution in [2.24, 2.45) is 10.8 Å². The van der Waals surface area contributed by atoms with Crippen molar-refractivity contribution in [2.75, 3.05) is 29.3 Å². The quantitative estimate of drug-likeness (QED) is 0.199. The lowest BCUT2D eigenvalue weighted by atomic mass is 9.93. The largest absolute Gasteiger partial charge is 0.494 e. The summed E-state index contributed by atoms with van der Waals surface area (Å²) in [4.78, 5) is 28.0. The van der Waals surface area contributed by atoms with Crippen LogP contribution in [0.5, 0.6) is 5.75 Å². The van der Waals surface area contributed by atoms with Gasteiger partial charge in [0, 0.05) is 36.5 Å². The maximum Gasteiger partial charge on any atom is 0.310 e. The Kier molecular flexibility index (Phi) is 10.9. The normalized spacial score (nSPS) is 15.4. The number of ether oxygens (including phenoxy) is 1. The van der Waals surface area contributed by atoms with Crippen molar-refractivity contribution in [2.45, 2.75) is 78.0 Å². The zero-order valence-electron chi connectivity index (χ0n) is 29.1. The van der Waals surface area contributed by atoms with Crippen LogP contribution in [0.1, 0.15) is 72.3 Å². The van der Waals surface area contributed by atoms with E-state index in [1.807, 2.05) is 47.4 Å². The van der Waals surface area contributed by atoms with Crippen molar-refractivity contribution < 1.29 is 23.1 Å². The van der Waals surface area contributed by atoms with Gasteiger partial charge in [0.1, 0.15) is 11.6 Å². The molecule has 1 aliphatic heterocycles. The van der Waals surface area contributed by atoms with Gasteiger partial charge in [0.15, 0.2) is 5.82 Å². The standard InChI is InChI=1S/C38H47N5O5S/c1-37(2,3)19-22-48-29-16-12-15-28(23-29)34-35-31-17-10-9-14-27(31)13-8-6-7-11-21-43(26-38(4,5)36(44)45)33-24-30(18-20-39-33)49(46,47)42-32(41-35)25-40-34/h9-10,12,14-18,20,23-25H,6-8,11,13,19,21-22,26H2,1-5H3,(H,41,42)(H,44,45). The highest BCUT2D eigenvalue weighted by Gasteiger charge is 2.31. The maximum absolute atomic E-state index is 13.8. The SMILES string of the molecule is CC(C)(C)CCOc1cccc(-c2ncc3nc2-c2ccccc2CCCCCCN(CC(C)(C)C(=O)O)c2cc(ccn2)S(=O)(=O)N3)c1. The number of nitrogens with zero attached hydrogens (tertiary/aromatic N) is 4. The summed E-state index contributed by atoms with van der Waals surface area (Å²) in [6.45, 7) is 11.2. The molecule has 4 aromatic rings. The molecule has 1 aliphatic rings. The van der Waals surface area contributed by atoms with Crippen LogP contribution >= 0.6 is 0 Å². The number of rotatable bonds is 7. The second-order valence-electron chi connectivity index (χ2n) is 14.5. The first kappa shape index (κ1) is 35.8. The first-order valence-corrected chi connectivity index (χ1v) is 18.4. The van der Waals surface area contributed by atoms with E-state index in [-0.39, 0.29) is 22.7 Å². The fourth-order valence-corrected chi connectivity index (χ4v) is 6.73. The zero-order valence-corrected chi connectivity index (χ0v) is 29.9.